The molecule has 0 aromatic carbocycles. The van der Waals surface area contributed by atoms with E-state index in [-0.39, 0.29) is 38.6 Å². The highest BCUT2D eigenvalue weighted by Gasteiger charge is 2.26. The summed E-state index contributed by atoms with van der Waals surface area (Å²) in [6.07, 6.45) is 110. The zero-order chi connectivity index (χ0) is 67.2. The van der Waals surface area contributed by atoms with Crippen molar-refractivity contribution in [3.8, 4) is 0 Å². The number of hydrogen-bond acceptors (Lipinski definition) is 8. The molecule has 0 heterocycles. The van der Waals surface area contributed by atoms with Crippen molar-refractivity contribution >= 4 is 19.8 Å². The molecule has 0 radical (unpaired) electrons. The molecule has 0 aliphatic carbocycles. The van der Waals surface area contributed by atoms with Gasteiger partial charge in [0, 0.05) is 19.4 Å². The predicted molar refractivity (Wildman–Crippen MR) is 404 cm³/mol. The molecule has 0 rings (SSSR count). The van der Waals surface area contributed by atoms with Crippen LogP contribution < -0.4 is 5.73 Å². The standard InChI is InChI=1S/C83H144NO8P/c1-3-5-7-9-11-13-15-17-19-21-23-25-27-29-31-33-35-37-38-39-40-41-42-44-45-47-49-51-53-55-57-59-61-63-65-67-69-71-73-75-82(85)89-79-81(80-91-93(87,88)90-78-77-84)92-83(86)76-74-72-70-68-66-64-62-60-58-56-54-52-50-48-46-43-36-34-32-30-28-26-24-22-20-18-16-14-12-10-8-6-4-2/h6,8,12,14-15,17-18,20-21,23-24,26,30,32,36,43,48,50,54,56,60,62,81H,3-5,7,9-11,13,16,19,22,25,27-29,31,33-35,37-42,44-47,49,51-53,55,57-59,61,63-80,84H2,1-2H3,(H,87,88)/b8-6-,14-12-,17-15-,20-18-,23-21-,26-24-,32-30-,43-36-,50-48-,56-54-,62-60-. The highest BCUT2D eigenvalue weighted by molar-refractivity contribution is 7.47. The first-order valence-electron chi connectivity index (χ1n) is 38.7. The Morgan fingerprint density at radius 1 is 0.333 bits per heavy atom. The lowest BCUT2D eigenvalue weighted by Gasteiger charge is -2.19. The SMILES string of the molecule is CC/C=C\C/C=C\C/C=C\C/C=C\C/C=C\C/C=C\C/C=C\C/C=C\C/C=C\CCCCCCCC(=O)OC(COC(=O)CCCCCCCCCCCCCCCCCCCCCCCCCCCCC/C=C\C/C=C\CCCCCCC)COP(=O)(O)OCCN. The van der Waals surface area contributed by atoms with Crippen molar-refractivity contribution in [3.63, 3.8) is 0 Å². The van der Waals surface area contributed by atoms with Crippen molar-refractivity contribution < 1.29 is 37.6 Å². The lowest BCUT2D eigenvalue weighted by molar-refractivity contribution is -0.161. The lowest BCUT2D eigenvalue weighted by Crippen LogP contribution is -2.29. The van der Waals surface area contributed by atoms with Gasteiger partial charge in [0.2, 0.25) is 0 Å². The topological polar surface area (TPSA) is 134 Å². The van der Waals surface area contributed by atoms with Crippen LogP contribution >= 0.6 is 7.82 Å². The zero-order valence-electron chi connectivity index (χ0n) is 60.2. The Morgan fingerprint density at radius 2 is 0.591 bits per heavy atom. The number of carbonyl (C=O) groups is 2. The Labute approximate surface area is 574 Å². The minimum Gasteiger partial charge on any atom is -0.462 e. The van der Waals surface area contributed by atoms with Gasteiger partial charge >= 0.3 is 19.8 Å². The maximum atomic E-state index is 12.8. The molecule has 0 spiro atoms. The van der Waals surface area contributed by atoms with Gasteiger partial charge in [-0.05, 0) is 116 Å². The normalized spacial score (nSPS) is 13.6. The van der Waals surface area contributed by atoms with Crippen LogP contribution in [0.2, 0.25) is 0 Å². The maximum Gasteiger partial charge on any atom is 0.472 e. The Morgan fingerprint density at radius 3 is 0.882 bits per heavy atom. The number of allylic oxidation sites excluding steroid dienone is 22. The predicted octanol–water partition coefficient (Wildman–Crippen LogP) is 26.0. The van der Waals surface area contributed by atoms with Crippen molar-refractivity contribution in [2.45, 2.75) is 354 Å². The van der Waals surface area contributed by atoms with Crippen molar-refractivity contribution in [2.24, 2.45) is 5.73 Å². The monoisotopic (exact) mass is 1310 g/mol. The molecule has 2 unspecified atom stereocenters. The van der Waals surface area contributed by atoms with Crippen molar-refractivity contribution in [2.75, 3.05) is 26.4 Å². The molecule has 2 atom stereocenters. The number of nitrogens with two attached hydrogens (primary N) is 1. The Hall–Kier alpha value is -3.85. The molecular formula is C83H144NO8P. The number of ether oxygens (including phenoxy) is 2. The van der Waals surface area contributed by atoms with E-state index in [4.69, 9.17) is 24.3 Å². The zero-order valence-corrected chi connectivity index (χ0v) is 61.1. The van der Waals surface area contributed by atoms with Crippen LogP contribution in [-0.2, 0) is 32.7 Å². The molecule has 0 aliphatic heterocycles. The van der Waals surface area contributed by atoms with E-state index in [9.17, 15) is 19.0 Å². The molecule has 0 bridgehead atoms. The second-order valence-corrected chi connectivity index (χ2v) is 26.9. The van der Waals surface area contributed by atoms with E-state index >= 15 is 0 Å². The molecule has 10 heteroatoms. The van der Waals surface area contributed by atoms with Crippen LogP contribution in [0.5, 0.6) is 0 Å². The van der Waals surface area contributed by atoms with Gasteiger partial charge in [-0.15, -0.1) is 0 Å². The molecular weight excluding hydrogens is 1170 g/mol. The first-order valence-corrected chi connectivity index (χ1v) is 40.2. The summed E-state index contributed by atoms with van der Waals surface area (Å²) in [5.41, 5.74) is 5.41. The average Bonchev–Trinajstić information content (AvgIpc) is 3.32. The Balaban J connectivity index is 3.87. The quantitative estimate of drug-likeness (QED) is 0.0264. The Kier molecular flexibility index (Phi) is 74.0. The van der Waals surface area contributed by atoms with Crippen molar-refractivity contribution in [1.29, 1.82) is 0 Å². The first kappa shape index (κ1) is 89.2. The van der Waals surface area contributed by atoms with Crippen molar-refractivity contribution in [1.82, 2.24) is 0 Å². The number of hydrogen-bond donors (Lipinski definition) is 2. The third-order valence-corrected chi connectivity index (χ3v) is 17.5. The van der Waals surface area contributed by atoms with Gasteiger partial charge < -0.3 is 20.1 Å². The van der Waals surface area contributed by atoms with E-state index in [1.54, 1.807) is 0 Å². The van der Waals surface area contributed by atoms with Gasteiger partial charge in [-0.1, -0.05) is 353 Å². The van der Waals surface area contributed by atoms with E-state index < -0.39 is 26.5 Å². The highest BCUT2D eigenvalue weighted by Crippen LogP contribution is 2.43. The molecule has 93 heavy (non-hydrogen) atoms. The second kappa shape index (κ2) is 77.2. The summed E-state index contributed by atoms with van der Waals surface area (Å²) in [6, 6.07) is 0. The molecule has 0 saturated heterocycles. The largest absolute Gasteiger partial charge is 0.472 e. The van der Waals surface area contributed by atoms with E-state index in [0.29, 0.717) is 6.42 Å². The maximum absolute atomic E-state index is 12.8. The number of carbonyl (C=O) groups excluding carboxylic acids is 2. The van der Waals surface area contributed by atoms with Gasteiger partial charge in [0.25, 0.3) is 0 Å². The summed E-state index contributed by atoms with van der Waals surface area (Å²) >= 11 is 0. The van der Waals surface area contributed by atoms with Crippen LogP contribution in [0, 0.1) is 0 Å². The number of esters is 2. The molecule has 0 amide bonds. The molecule has 0 saturated carbocycles. The summed E-state index contributed by atoms with van der Waals surface area (Å²) in [5.74, 6) is -0.845. The van der Waals surface area contributed by atoms with Crippen LogP contribution in [0.4, 0.5) is 0 Å². The summed E-state index contributed by atoms with van der Waals surface area (Å²) in [5, 5.41) is 0. The number of unbranched alkanes of at least 4 members (excludes halogenated alkanes) is 37. The summed E-state index contributed by atoms with van der Waals surface area (Å²) in [7, 11) is -4.41. The van der Waals surface area contributed by atoms with E-state index in [1.165, 1.54) is 199 Å². The van der Waals surface area contributed by atoms with Gasteiger partial charge in [-0.2, -0.15) is 0 Å². The van der Waals surface area contributed by atoms with Crippen LogP contribution in [0.15, 0.2) is 134 Å². The third-order valence-electron chi connectivity index (χ3n) is 16.5. The van der Waals surface area contributed by atoms with Gasteiger partial charge in [0.1, 0.15) is 6.61 Å². The van der Waals surface area contributed by atoms with Crippen LogP contribution in [0.25, 0.3) is 0 Å². The molecule has 0 aliphatic rings. The fourth-order valence-electron chi connectivity index (χ4n) is 10.8. The summed E-state index contributed by atoms with van der Waals surface area (Å²) in [4.78, 5) is 35.4. The molecule has 0 aromatic heterocycles. The fourth-order valence-corrected chi connectivity index (χ4v) is 11.6. The molecule has 3 N–H and O–H groups in total. The van der Waals surface area contributed by atoms with Gasteiger partial charge in [-0.25, -0.2) is 4.57 Å². The van der Waals surface area contributed by atoms with Gasteiger partial charge in [-0.3, -0.25) is 18.6 Å². The first-order chi connectivity index (χ1) is 45.8. The summed E-state index contributed by atoms with van der Waals surface area (Å²) in [6.45, 7) is 3.62. The van der Waals surface area contributed by atoms with Gasteiger partial charge in [0.15, 0.2) is 6.10 Å². The fraction of sp³-hybridized carbons (Fsp3) is 0.711. The summed E-state index contributed by atoms with van der Waals surface area (Å²) < 4.78 is 33.2. The number of rotatable bonds is 72. The van der Waals surface area contributed by atoms with E-state index in [2.05, 4.69) is 148 Å². The van der Waals surface area contributed by atoms with E-state index in [1.807, 2.05) is 0 Å². The molecule has 0 fully saturated rings. The minimum absolute atomic E-state index is 0.0448. The highest BCUT2D eigenvalue weighted by atomic mass is 31.2. The van der Waals surface area contributed by atoms with E-state index in [0.717, 1.165) is 116 Å². The Bertz CT molecular complexity index is 1990. The lowest BCUT2D eigenvalue weighted by atomic mass is 10.0. The van der Waals surface area contributed by atoms with Crippen LogP contribution in [0.1, 0.15) is 348 Å². The van der Waals surface area contributed by atoms with Crippen LogP contribution in [-0.4, -0.2) is 49.3 Å². The van der Waals surface area contributed by atoms with Crippen molar-refractivity contribution in [3.05, 3.63) is 134 Å². The smallest absolute Gasteiger partial charge is 0.462 e. The van der Waals surface area contributed by atoms with Crippen LogP contribution in [0.3, 0.4) is 0 Å². The molecule has 0 aromatic rings. The number of phosphoric ester groups is 1. The van der Waals surface area contributed by atoms with Gasteiger partial charge in [0.05, 0.1) is 13.2 Å². The second-order valence-electron chi connectivity index (χ2n) is 25.5. The molecule has 534 valence electrons. The third kappa shape index (κ3) is 77.0. The number of phosphoric acid groups is 1. The molecule has 9 nitrogen and oxygen atoms in total. The minimum atomic E-state index is -4.41. The average molecular weight is 1320 g/mol.